The average Bonchev–Trinajstić information content (AvgIpc) is 2.10. The minimum Gasteiger partial charge on any atom is -0.323 e. The quantitative estimate of drug-likeness (QED) is 0.879. The van der Waals surface area contributed by atoms with Crippen LogP contribution in [0.1, 0.15) is 5.56 Å². The normalized spacial score (nSPS) is 10.0. The number of carbonyl (C=O) groups is 1. The number of hydrogen-bond donors (Lipinski definition) is 2. The number of rotatable bonds is 2. The molecule has 0 radical (unpaired) electrons. The van der Waals surface area contributed by atoms with Gasteiger partial charge >= 0.3 is 0 Å². The van der Waals surface area contributed by atoms with Crippen LogP contribution in [-0.4, -0.2) is 12.5 Å². The Morgan fingerprint density at radius 3 is 2.36 bits per heavy atom. The van der Waals surface area contributed by atoms with Crippen LogP contribution in [0.3, 0.4) is 0 Å². The largest absolute Gasteiger partial charge is 0.323 e. The first kappa shape index (κ1) is 11.7. The highest BCUT2D eigenvalue weighted by Crippen LogP contribution is 2.32. The minimum absolute atomic E-state index is 0.0211. The Morgan fingerprint density at radius 2 is 1.93 bits per heavy atom. The van der Waals surface area contributed by atoms with E-state index in [4.69, 9.17) is 5.73 Å². The van der Waals surface area contributed by atoms with Gasteiger partial charge in [-0.15, -0.1) is 0 Å². The van der Waals surface area contributed by atoms with Crippen molar-refractivity contribution in [1.82, 2.24) is 0 Å². The Bertz CT molecular complexity index is 343. The van der Waals surface area contributed by atoms with E-state index >= 15 is 0 Å². The van der Waals surface area contributed by atoms with Crippen molar-refractivity contribution in [1.29, 1.82) is 0 Å². The topological polar surface area (TPSA) is 55.1 Å². The van der Waals surface area contributed by atoms with Gasteiger partial charge in [0.1, 0.15) is 0 Å². The SMILES string of the molecule is Cc1cc(Br)c(NC(=O)CN)c(Br)c1. The Kier molecular flexibility index (Phi) is 4.10. The predicted octanol–water partition coefficient (Wildman–Crippen LogP) is 2.42. The lowest BCUT2D eigenvalue weighted by atomic mass is 10.2. The molecule has 0 aliphatic carbocycles. The second-order valence-electron chi connectivity index (χ2n) is 2.86. The molecule has 0 aliphatic rings. The third kappa shape index (κ3) is 2.80. The summed E-state index contributed by atoms with van der Waals surface area (Å²) in [6.07, 6.45) is 0. The molecule has 0 bridgehead atoms. The number of hydrogen-bond acceptors (Lipinski definition) is 2. The molecule has 3 nitrogen and oxygen atoms in total. The predicted molar refractivity (Wildman–Crippen MR) is 64.3 cm³/mol. The van der Waals surface area contributed by atoms with E-state index in [0.29, 0.717) is 5.69 Å². The fourth-order valence-electron chi connectivity index (χ4n) is 1.01. The van der Waals surface area contributed by atoms with E-state index < -0.39 is 0 Å². The van der Waals surface area contributed by atoms with E-state index in [1.165, 1.54) is 0 Å². The van der Waals surface area contributed by atoms with Crippen LogP contribution < -0.4 is 11.1 Å². The van der Waals surface area contributed by atoms with Gasteiger partial charge in [0, 0.05) is 8.95 Å². The molecule has 1 aromatic rings. The second kappa shape index (κ2) is 4.91. The number of carbonyl (C=O) groups excluding carboxylic acids is 1. The van der Waals surface area contributed by atoms with Crippen LogP contribution in [0, 0.1) is 6.92 Å². The van der Waals surface area contributed by atoms with Crippen LogP contribution in [-0.2, 0) is 4.79 Å². The summed E-state index contributed by atoms with van der Waals surface area (Å²) >= 11 is 6.74. The van der Waals surface area contributed by atoms with Crippen molar-refractivity contribution < 1.29 is 4.79 Å². The van der Waals surface area contributed by atoms with Crippen molar-refractivity contribution in [2.45, 2.75) is 6.92 Å². The van der Waals surface area contributed by atoms with E-state index in [9.17, 15) is 4.79 Å². The molecule has 0 unspecified atom stereocenters. The summed E-state index contributed by atoms with van der Waals surface area (Å²) in [5, 5.41) is 2.70. The van der Waals surface area contributed by atoms with E-state index in [1.54, 1.807) is 0 Å². The molecule has 0 aliphatic heterocycles. The van der Waals surface area contributed by atoms with E-state index in [1.807, 2.05) is 19.1 Å². The molecule has 5 heteroatoms. The Hall–Kier alpha value is -0.390. The summed E-state index contributed by atoms with van der Waals surface area (Å²) in [6, 6.07) is 3.85. The third-order valence-corrected chi connectivity index (χ3v) is 2.89. The van der Waals surface area contributed by atoms with E-state index in [-0.39, 0.29) is 12.5 Å². The van der Waals surface area contributed by atoms with Gasteiger partial charge in [0.2, 0.25) is 5.91 Å². The van der Waals surface area contributed by atoms with Crippen molar-refractivity contribution in [3.8, 4) is 0 Å². The van der Waals surface area contributed by atoms with Crippen LogP contribution in [0.15, 0.2) is 21.1 Å². The van der Waals surface area contributed by atoms with E-state index in [2.05, 4.69) is 37.2 Å². The van der Waals surface area contributed by atoms with Gasteiger partial charge in [-0.25, -0.2) is 0 Å². The Labute approximate surface area is 99.3 Å². The zero-order valence-electron chi connectivity index (χ0n) is 7.60. The molecule has 76 valence electrons. The molecule has 0 saturated heterocycles. The van der Waals surface area contributed by atoms with E-state index in [0.717, 1.165) is 14.5 Å². The lowest BCUT2D eigenvalue weighted by Crippen LogP contribution is -2.22. The maximum absolute atomic E-state index is 11.1. The molecule has 1 amide bonds. The lowest BCUT2D eigenvalue weighted by molar-refractivity contribution is -0.114. The summed E-state index contributed by atoms with van der Waals surface area (Å²) in [5.41, 5.74) is 7.03. The lowest BCUT2D eigenvalue weighted by Gasteiger charge is -2.09. The first-order valence-electron chi connectivity index (χ1n) is 4.00. The van der Waals surface area contributed by atoms with Gasteiger partial charge in [0.15, 0.2) is 0 Å². The molecule has 0 spiro atoms. The fourth-order valence-corrected chi connectivity index (χ4v) is 2.62. The number of aryl methyl sites for hydroxylation is 1. The number of benzene rings is 1. The van der Waals surface area contributed by atoms with Gasteiger partial charge < -0.3 is 11.1 Å². The first-order chi connectivity index (χ1) is 6.54. The van der Waals surface area contributed by atoms with Crippen LogP contribution in [0.25, 0.3) is 0 Å². The maximum atomic E-state index is 11.1. The molecule has 0 aromatic heterocycles. The highest BCUT2D eigenvalue weighted by atomic mass is 79.9. The standard InChI is InChI=1S/C9H10Br2N2O/c1-5-2-6(10)9(7(11)3-5)13-8(14)4-12/h2-3H,4,12H2,1H3,(H,13,14). The van der Waals surface area contributed by atoms with Crippen molar-refractivity contribution in [2.75, 3.05) is 11.9 Å². The van der Waals surface area contributed by atoms with Gasteiger partial charge in [-0.2, -0.15) is 0 Å². The number of nitrogens with two attached hydrogens (primary N) is 1. The molecular weight excluding hydrogens is 312 g/mol. The summed E-state index contributed by atoms with van der Waals surface area (Å²) in [7, 11) is 0. The molecular formula is C9H10Br2N2O. The number of amides is 1. The summed E-state index contributed by atoms with van der Waals surface area (Å²) in [5.74, 6) is -0.213. The molecule has 14 heavy (non-hydrogen) atoms. The molecule has 3 N–H and O–H groups in total. The van der Waals surface area contributed by atoms with Gasteiger partial charge in [-0.05, 0) is 56.5 Å². The molecule has 0 saturated carbocycles. The molecule has 1 aromatic carbocycles. The number of nitrogens with one attached hydrogen (secondary N) is 1. The first-order valence-corrected chi connectivity index (χ1v) is 5.58. The van der Waals surface area contributed by atoms with Gasteiger partial charge in [-0.1, -0.05) is 0 Å². The Balaban J connectivity index is 3.02. The maximum Gasteiger partial charge on any atom is 0.238 e. The van der Waals surface area contributed by atoms with Crippen molar-refractivity contribution in [2.24, 2.45) is 5.73 Å². The van der Waals surface area contributed by atoms with Crippen LogP contribution in [0.2, 0.25) is 0 Å². The van der Waals surface area contributed by atoms with Crippen molar-refractivity contribution in [3.63, 3.8) is 0 Å². The van der Waals surface area contributed by atoms with Gasteiger partial charge in [0.25, 0.3) is 0 Å². The van der Waals surface area contributed by atoms with Gasteiger partial charge in [-0.3, -0.25) is 4.79 Å². The highest BCUT2D eigenvalue weighted by Gasteiger charge is 2.08. The third-order valence-electron chi connectivity index (χ3n) is 1.64. The monoisotopic (exact) mass is 320 g/mol. The summed E-state index contributed by atoms with van der Waals surface area (Å²) in [6.45, 7) is 1.96. The zero-order chi connectivity index (χ0) is 10.7. The Morgan fingerprint density at radius 1 is 1.43 bits per heavy atom. The van der Waals surface area contributed by atoms with Gasteiger partial charge in [0.05, 0.1) is 12.2 Å². The zero-order valence-corrected chi connectivity index (χ0v) is 10.8. The summed E-state index contributed by atoms with van der Waals surface area (Å²) in [4.78, 5) is 11.1. The van der Waals surface area contributed by atoms with Crippen LogP contribution in [0.5, 0.6) is 0 Å². The minimum atomic E-state index is -0.213. The highest BCUT2D eigenvalue weighted by molar-refractivity contribution is 9.11. The fraction of sp³-hybridized carbons (Fsp3) is 0.222. The molecule has 1 rings (SSSR count). The summed E-state index contributed by atoms with van der Waals surface area (Å²) < 4.78 is 1.68. The average molecular weight is 322 g/mol. The molecule has 0 fully saturated rings. The number of anilines is 1. The van der Waals surface area contributed by atoms with Crippen LogP contribution in [0.4, 0.5) is 5.69 Å². The van der Waals surface area contributed by atoms with Crippen molar-refractivity contribution >= 4 is 43.5 Å². The number of halogens is 2. The smallest absolute Gasteiger partial charge is 0.238 e. The van der Waals surface area contributed by atoms with Crippen LogP contribution >= 0.6 is 31.9 Å². The molecule has 0 heterocycles. The van der Waals surface area contributed by atoms with Crippen molar-refractivity contribution in [3.05, 3.63) is 26.6 Å². The second-order valence-corrected chi connectivity index (χ2v) is 4.56. The molecule has 0 atom stereocenters.